The van der Waals surface area contributed by atoms with Crippen molar-refractivity contribution >= 4 is 23.2 Å². The van der Waals surface area contributed by atoms with E-state index in [4.69, 9.17) is 4.74 Å². The number of anilines is 2. The number of para-hydroxylation sites is 1. The fraction of sp³-hybridized carbons (Fsp3) is 0.417. The topological polar surface area (TPSA) is 58.6 Å². The average Bonchev–Trinajstić information content (AvgIpc) is 2.68. The highest BCUT2D eigenvalue weighted by molar-refractivity contribution is 5.95. The number of amides is 2. The molecular weight excluding hydrogens is 364 g/mol. The van der Waals surface area contributed by atoms with Gasteiger partial charge in [-0.3, -0.25) is 9.59 Å². The lowest BCUT2D eigenvalue weighted by Crippen LogP contribution is -2.32. The first-order chi connectivity index (χ1) is 13.7. The van der Waals surface area contributed by atoms with Crippen molar-refractivity contribution in [3.63, 3.8) is 0 Å². The van der Waals surface area contributed by atoms with E-state index in [9.17, 15) is 9.59 Å². The van der Waals surface area contributed by atoms with Gasteiger partial charge in [-0.15, -0.1) is 0 Å². The van der Waals surface area contributed by atoms with Crippen LogP contribution in [0.15, 0.2) is 42.5 Å². The molecule has 0 bridgehead atoms. The van der Waals surface area contributed by atoms with Gasteiger partial charge in [0.1, 0.15) is 5.75 Å². The number of ether oxygens (including phenoxy) is 1. The molecule has 0 aliphatic heterocycles. The van der Waals surface area contributed by atoms with Crippen LogP contribution in [0.25, 0.3) is 0 Å². The van der Waals surface area contributed by atoms with Crippen LogP contribution in [-0.4, -0.2) is 25.5 Å². The molecule has 0 spiro atoms. The highest BCUT2D eigenvalue weighted by atomic mass is 16.5. The summed E-state index contributed by atoms with van der Waals surface area (Å²) >= 11 is 0. The fourth-order valence-corrected chi connectivity index (χ4v) is 3.34. The summed E-state index contributed by atoms with van der Waals surface area (Å²) in [6.07, 6.45) is 0.218. The van der Waals surface area contributed by atoms with Crippen molar-refractivity contribution in [3.05, 3.63) is 53.6 Å². The second-order valence-electron chi connectivity index (χ2n) is 7.79. The molecule has 29 heavy (non-hydrogen) atoms. The third-order valence-electron chi connectivity index (χ3n) is 4.96. The molecule has 0 aliphatic rings. The Labute approximate surface area is 174 Å². The molecule has 0 fully saturated rings. The first-order valence-electron chi connectivity index (χ1n) is 10.1. The lowest BCUT2D eigenvalue weighted by Gasteiger charge is -2.23. The molecule has 0 heterocycles. The second kappa shape index (κ2) is 10.1. The van der Waals surface area contributed by atoms with Crippen LogP contribution in [0.2, 0.25) is 0 Å². The molecule has 2 rings (SSSR count). The smallest absolute Gasteiger partial charge is 0.226 e. The largest absolute Gasteiger partial charge is 0.497 e. The van der Waals surface area contributed by atoms with E-state index in [1.807, 2.05) is 18.2 Å². The van der Waals surface area contributed by atoms with E-state index in [-0.39, 0.29) is 18.2 Å². The lowest BCUT2D eigenvalue weighted by atomic mass is 9.92. The van der Waals surface area contributed by atoms with E-state index >= 15 is 0 Å². The zero-order valence-electron chi connectivity index (χ0n) is 18.3. The lowest BCUT2D eigenvalue weighted by molar-refractivity contribution is -0.117. The van der Waals surface area contributed by atoms with E-state index < -0.39 is 0 Å². The Morgan fingerprint density at radius 3 is 1.97 bits per heavy atom. The summed E-state index contributed by atoms with van der Waals surface area (Å²) in [5, 5.41) is 3.11. The third kappa shape index (κ3) is 5.83. The van der Waals surface area contributed by atoms with Crippen molar-refractivity contribution < 1.29 is 14.3 Å². The van der Waals surface area contributed by atoms with E-state index in [0.29, 0.717) is 18.4 Å². The number of rotatable bonds is 8. The predicted octanol–water partition coefficient (Wildman–Crippen LogP) is 5.32. The summed E-state index contributed by atoms with van der Waals surface area (Å²) in [6, 6.07) is 13.4. The van der Waals surface area contributed by atoms with Crippen molar-refractivity contribution in [2.45, 2.75) is 52.9 Å². The maximum atomic E-state index is 12.8. The molecule has 2 aromatic carbocycles. The number of nitrogens with one attached hydrogen (secondary N) is 1. The second-order valence-corrected chi connectivity index (χ2v) is 7.79. The van der Waals surface area contributed by atoms with Crippen molar-refractivity contribution in [2.75, 3.05) is 23.9 Å². The van der Waals surface area contributed by atoms with E-state index in [2.05, 4.69) is 45.1 Å². The zero-order valence-corrected chi connectivity index (χ0v) is 18.3. The van der Waals surface area contributed by atoms with Crippen molar-refractivity contribution in [3.8, 4) is 5.75 Å². The van der Waals surface area contributed by atoms with Gasteiger partial charge >= 0.3 is 0 Å². The molecule has 5 heteroatoms. The van der Waals surface area contributed by atoms with Crippen LogP contribution in [0.4, 0.5) is 11.4 Å². The van der Waals surface area contributed by atoms with Crippen LogP contribution in [0.1, 0.15) is 64.0 Å². The summed E-state index contributed by atoms with van der Waals surface area (Å²) in [6.45, 7) is 10.3. The summed E-state index contributed by atoms with van der Waals surface area (Å²) in [5.74, 6) is 1.13. The maximum Gasteiger partial charge on any atom is 0.226 e. The molecule has 5 nitrogen and oxygen atoms in total. The summed E-state index contributed by atoms with van der Waals surface area (Å²) in [4.78, 5) is 26.5. The number of hydrogen-bond donors (Lipinski definition) is 1. The fourth-order valence-electron chi connectivity index (χ4n) is 3.34. The van der Waals surface area contributed by atoms with Crippen molar-refractivity contribution in [1.29, 1.82) is 0 Å². The Morgan fingerprint density at radius 1 is 0.966 bits per heavy atom. The molecule has 0 unspecified atom stereocenters. The Balaban J connectivity index is 2.14. The molecule has 0 radical (unpaired) electrons. The number of methoxy groups -OCH3 is 1. The standard InChI is InChI=1S/C24H32N2O3/c1-16(2)21-8-7-9-22(17(3)4)24(21)25-23(28)14-15-26(18(5)27)19-10-12-20(29-6)13-11-19/h7-13,16-17H,14-15H2,1-6H3,(H,25,28). The Bertz CT molecular complexity index is 815. The number of carbonyl (C=O) groups is 2. The first-order valence-corrected chi connectivity index (χ1v) is 10.1. The molecule has 156 valence electrons. The first kappa shape index (κ1) is 22.5. The Morgan fingerprint density at radius 2 is 1.52 bits per heavy atom. The molecular formula is C24H32N2O3. The molecule has 0 atom stereocenters. The van der Waals surface area contributed by atoms with Crippen LogP contribution in [0.5, 0.6) is 5.75 Å². The monoisotopic (exact) mass is 396 g/mol. The molecule has 0 aliphatic carbocycles. The van der Waals surface area contributed by atoms with Crippen LogP contribution in [0, 0.1) is 0 Å². The van der Waals surface area contributed by atoms with Gasteiger partial charge in [-0.05, 0) is 47.2 Å². The molecule has 2 amide bonds. The minimum absolute atomic E-state index is 0.0974. The third-order valence-corrected chi connectivity index (χ3v) is 4.96. The van der Waals surface area contributed by atoms with E-state index in [1.54, 1.807) is 24.1 Å². The van der Waals surface area contributed by atoms with Gasteiger partial charge in [-0.2, -0.15) is 0 Å². The number of nitrogens with zero attached hydrogens (tertiary/aromatic N) is 1. The number of carbonyl (C=O) groups excluding carboxylic acids is 2. The van der Waals surface area contributed by atoms with Gasteiger partial charge in [0.05, 0.1) is 7.11 Å². The van der Waals surface area contributed by atoms with Crippen LogP contribution in [0.3, 0.4) is 0 Å². The van der Waals surface area contributed by atoms with E-state index in [1.165, 1.54) is 6.92 Å². The van der Waals surface area contributed by atoms with Crippen molar-refractivity contribution in [1.82, 2.24) is 0 Å². The van der Waals surface area contributed by atoms with E-state index in [0.717, 1.165) is 28.3 Å². The minimum atomic E-state index is -0.103. The summed E-state index contributed by atoms with van der Waals surface area (Å²) < 4.78 is 5.17. The molecule has 0 saturated heterocycles. The highest BCUT2D eigenvalue weighted by Gasteiger charge is 2.18. The van der Waals surface area contributed by atoms with Gasteiger partial charge < -0.3 is 15.0 Å². The Kier molecular flexibility index (Phi) is 7.82. The SMILES string of the molecule is COc1ccc(N(CCC(=O)Nc2c(C(C)C)cccc2C(C)C)C(C)=O)cc1. The van der Waals surface area contributed by atoms with Gasteiger partial charge in [0.25, 0.3) is 0 Å². The highest BCUT2D eigenvalue weighted by Crippen LogP contribution is 2.32. The number of benzene rings is 2. The summed E-state index contributed by atoms with van der Waals surface area (Å²) in [7, 11) is 1.60. The molecule has 2 aromatic rings. The predicted molar refractivity (Wildman–Crippen MR) is 119 cm³/mol. The van der Waals surface area contributed by atoms with Crippen LogP contribution in [-0.2, 0) is 9.59 Å². The van der Waals surface area contributed by atoms with Crippen LogP contribution < -0.4 is 15.0 Å². The van der Waals surface area contributed by atoms with Crippen molar-refractivity contribution in [2.24, 2.45) is 0 Å². The summed E-state index contributed by atoms with van der Waals surface area (Å²) in [5.41, 5.74) is 3.91. The minimum Gasteiger partial charge on any atom is -0.497 e. The molecule has 1 N–H and O–H groups in total. The average molecular weight is 397 g/mol. The molecule has 0 saturated carbocycles. The van der Waals surface area contributed by atoms with Gasteiger partial charge in [0.15, 0.2) is 0 Å². The van der Waals surface area contributed by atoms with Gasteiger partial charge in [0.2, 0.25) is 11.8 Å². The quantitative estimate of drug-likeness (QED) is 0.657. The maximum absolute atomic E-state index is 12.8. The van der Waals surface area contributed by atoms with Gasteiger partial charge in [0, 0.05) is 31.3 Å². The number of hydrogen-bond acceptors (Lipinski definition) is 3. The normalized spacial score (nSPS) is 10.9. The van der Waals surface area contributed by atoms with Gasteiger partial charge in [-0.25, -0.2) is 0 Å². The van der Waals surface area contributed by atoms with Crippen LogP contribution >= 0.6 is 0 Å². The molecule has 0 aromatic heterocycles. The Hall–Kier alpha value is -2.82. The zero-order chi connectivity index (χ0) is 21.6. The van der Waals surface area contributed by atoms with Gasteiger partial charge in [-0.1, -0.05) is 45.9 Å².